The first-order chi connectivity index (χ1) is 12.4. The first-order valence-electron chi connectivity index (χ1n) is 8.21. The summed E-state index contributed by atoms with van der Waals surface area (Å²) < 4.78 is 44.5. The second-order valence-electron chi connectivity index (χ2n) is 6.00. The summed E-state index contributed by atoms with van der Waals surface area (Å²) in [5, 5.41) is 2.76. The molecule has 0 spiro atoms. The molecule has 1 aromatic heterocycles. The summed E-state index contributed by atoms with van der Waals surface area (Å²) in [6, 6.07) is 2.60. The Morgan fingerprint density at radius 1 is 1.54 bits per heavy atom. The molecule has 0 aliphatic carbocycles. The Balaban J connectivity index is 2.05. The lowest BCUT2D eigenvalue weighted by atomic mass is 10.1. The number of carbonyl (C=O) groups excluding carboxylic acids is 1. The van der Waals surface area contributed by atoms with Crippen LogP contribution in [0, 0.1) is 0 Å². The molecule has 0 aromatic carbocycles. The fourth-order valence-corrected chi connectivity index (χ4v) is 4.09. The standard InChI is InChI=1S/C16H23FN4O4S/c1-12(22)20-14-3-2-6-21(10-14)26(23,24)15-4-5-16(19-9-15)25-11-13(7-17)8-18/h4-5,7,9,14H,2-3,6,8,10-11,18H2,1H3,(H,20,22)/b13-7+/t14-/m0/s1. The molecule has 1 fully saturated rings. The molecule has 8 nitrogen and oxygen atoms in total. The number of carbonyl (C=O) groups is 1. The van der Waals surface area contributed by atoms with Crippen LogP contribution in [0.2, 0.25) is 0 Å². The van der Waals surface area contributed by atoms with E-state index in [1.54, 1.807) is 0 Å². The number of sulfonamides is 1. The quantitative estimate of drug-likeness (QED) is 0.708. The number of piperidine rings is 1. The van der Waals surface area contributed by atoms with Gasteiger partial charge in [-0.3, -0.25) is 4.79 Å². The van der Waals surface area contributed by atoms with Crippen molar-refractivity contribution in [2.45, 2.75) is 30.7 Å². The van der Waals surface area contributed by atoms with E-state index < -0.39 is 10.0 Å². The lowest BCUT2D eigenvalue weighted by Gasteiger charge is -2.32. The summed E-state index contributed by atoms with van der Waals surface area (Å²) in [6.07, 6.45) is 2.98. The number of pyridine rings is 1. The fourth-order valence-electron chi connectivity index (χ4n) is 2.62. The number of rotatable bonds is 7. The van der Waals surface area contributed by atoms with Crippen molar-refractivity contribution in [2.24, 2.45) is 5.73 Å². The van der Waals surface area contributed by atoms with Crippen LogP contribution in [0.25, 0.3) is 0 Å². The Kier molecular flexibility index (Phi) is 7.06. The van der Waals surface area contributed by atoms with Crippen molar-refractivity contribution in [2.75, 3.05) is 26.2 Å². The van der Waals surface area contributed by atoms with Gasteiger partial charge in [-0.15, -0.1) is 0 Å². The smallest absolute Gasteiger partial charge is 0.244 e. The van der Waals surface area contributed by atoms with Crippen LogP contribution >= 0.6 is 0 Å². The molecule has 1 amide bonds. The summed E-state index contributed by atoms with van der Waals surface area (Å²) in [4.78, 5) is 15.2. The zero-order valence-electron chi connectivity index (χ0n) is 14.5. The number of hydrogen-bond donors (Lipinski definition) is 2. The lowest BCUT2D eigenvalue weighted by molar-refractivity contribution is -0.119. The molecule has 1 atom stereocenters. The summed E-state index contributed by atoms with van der Waals surface area (Å²) in [6.45, 7) is 1.98. The number of nitrogens with one attached hydrogen (secondary N) is 1. The van der Waals surface area contributed by atoms with Crippen molar-refractivity contribution >= 4 is 15.9 Å². The third kappa shape index (κ3) is 5.23. The average Bonchev–Trinajstić information content (AvgIpc) is 2.62. The highest BCUT2D eigenvalue weighted by Gasteiger charge is 2.30. The van der Waals surface area contributed by atoms with Gasteiger partial charge in [0.15, 0.2) is 0 Å². The van der Waals surface area contributed by atoms with E-state index in [4.69, 9.17) is 10.5 Å². The van der Waals surface area contributed by atoms with Gasteiger partial charge in [-0.1, -0.05) is 0 Å². The molecular weight excluding hydrogens is 363 g/mol. The van der Waals surface area contributed by atoms with Crippen LogP contribution in [-0.4, -0.2) is 55.9 Å². The second-order valence-corrected chi connectivity index (χ2v) is 7.93. The molecule has 2 rings (SSSR count). The Hall–Kier alpha value is -2.04. The first kappa shape index (κ1) is 20.3. The van der Waals surface area contributed by atoms with Gasteiger partial charge in [0, 0.05) is 44.2 Å². The number of aromatic nitrogens is 1. The molecule has 3 N–H and O–H groups in total. The van der Waals surface area contributed by atoms with Crippen molar-refractivity contribution in [3.8, 4) is 5.88 Å². The summed E-state index contributed by atoms with van der Waals surface area (Å²) in [5.74, 6) is -0.0110. The zero-order valence-corrected chi connectivity index (χ0v) is 15.3. The van der Waals surface area contributed by atoms with E-state index in [0.29, 0.717) is 19.3 Å². The van der Waals surface area contributed by atoms with E-state index in [1.165, 1.54) is 29.6 Å². The minimum absolute atomic E-state index is 0.0212. The molecule has 10 heteroatoms. The van der Waals surface area contributed by atoms with Crippen LogP contribution in [0.3, 0.4) is 0 Å². The van der Waals surface area contributed by atoms with Gasteiger partial charge >= 0.3 is 0 Å². The van der Waals surface area contributed by atoms with Gasteiger partial charge in [-0.05, 0) is 18.9 Å². The summed E-state index contributed by atoms with van der Waals surface area (Å²) >= 11 is 0. The highest BCUT2D eigenvalue weighted by molar-refractivity contribution is 7.89. The van der Waals surface area contributed by atoms with Crippen LogP contribution in [-0.2, 0) is 14.8 Å². The fraction of sp³-hybridized carbons (Fsp3) is 0.500. The minimum atomic E-state index is -3.72. The number of nitrogens with zero attached hydrogens (tertiary/aromatic N) is 2. The molecule has 1 aliphatic rings. The first-order valence-corrected chi connectivity index (χ1v) is 9.65. The molecule has 1 saturated heterocycles. The molecule has 144 valence electrons. The molecule has 1 aromatic rings. The number of halogens is 1. The van der Waals surface area contributed by atoms with E-state index in [1.807, 2.05) is 0 Å². The highest BCUT2D eigenvalue weighted by Crippen LogP contribution is 2.21. The Labute approximate surface area is 152 Å². The molecular formula is C16H23FN4O4S. The molecule has 0 bridgehead atoms. The second kappa shape index (κ2) is 9.06. The van der Waals surface area contributed by atoms with Crippen LogP contribution < -0.4 is 15.8 Å². The van der Waals surface area contributed by atoms with Crippen LogP contribution in [0.5, 0.6) is 5.88 Å². The molecule has 26 heavy (non-hydrogen) atoms. The number of nitrogens with two attached hydrogens (primary N) is 1. The minimum Gasteiger partial charge on any atom is -0.473 e. The van der Waals surface area contributed by atoms with Gasteiger partial charge in [0.05, 0.1) is 12.5 Å². The van der Waals surface area contributed by atoms with Crippen molar-refractivity contribution in [1.82, 2.24) is 14.6 Å². The van der Waals surface area contributed by atoms with Crippen molar-refractivity contribution in [3.05, 3.63) is 30.2 Å². The SMILES string of the molecule is CC(=O)N[C@H]1CCCN(S(=O)(=O)c2ccc(OC/C(=C/F)CN)nc2)C1. The Morgan fingerprint density at radius 3 is 2.88 bits per heavy atom. The molecule has 0 saturated carbocycles. The van der Waals surface area contributed by atoms with Crippen LogP contribution in [0.15, 0.2) is 35.1 Å². The number of ether oxygens (including phenoxy) is 1. The van der Waals surface area contributed by atoms with Crippen LogP contribution in [0.1, 0.15) is 19.8 Å². The predicted molar refractivity (Wildman–Crippen MR) is 93.6 cm³/mol. The Bertz CT molecular complexity index is 752. The topological polar surface area (TPSA) is 115 Å². The number of hydrogen-bond acceptors (Lipinski definition) is 6. The third-order valence-electron chi connectivity index (χ3n) is 3.96. The van der Waals surface area contributed by atoms with E-state index in [2.05, 4.69) is 10.3 Å². The zero-order chi connectivity index (χ0) is 19.2. The monoisotopic (exact) mass is 386 g/mol. The van der Waals surface area contributed by atoms with E-state index in [9.17, 15) is 17.6 Å². The largest absolute Gasteiger partial charge is 0.473 e. The van der Waals surface area contributed by atoms with E-state index in [-0.39, 0.29) is 48.0 Å². The van der Waals surface area contributed by atoms with Gasteiger partial charge < -0.3 is 15.8 Å². The highest BCUT2D eigenvalue weighted by atomic mass is 32.2. The van der Waals surface area contributed by atoms with Gasteiger partial charge in [0.25, 0.3) is 0 Å². The normalized spacial score (nSPS) is 19.2. The Morgan fingerprint density at radius 2 is 2.31 bits per heavy atom. The van der Waals surface area contributed by atoms with Crippen LogP contribution in [0.4, 0.5) is 4.39 Å². The molecule has 2 heterocycles. The molecule has 0 radical (unpaired) electrons. The van der Waals surface area contributed by atoms with Crippen molar-refractivity contribution in [1.29, 1.82) is 0 Å². The average molecular weight is 386 g/mol. The predicted octanol–water partition coefficient (Wildman–Crippen LogP) is 0.562. The number of amides is 1. The molecule has 0 unspecified atom stereocenters. The maximum Gasteiger partial charge on any atom is 0.244 e. The summed E-state index contributed by atoms with van der Waals surface area (Å²) in [5.41, 5.74) is 5.60. The van der Waals surface area contributed by atoms with Gasteiger partial charge in [-0.25, -0.2) is 17.8 Å². The van der Waals surface area contributed by atoms with Crippen molar-refractivity contribution in [3.63, 3.8) is 0 Å². The van der Waals surface area contributed by atoms with Crippen molar-refractivity contribution < 1.29 is 22.3 Å². The van der Waals surface area contributed by atoms with Gasteiger partial charge in [0.1, 0.15) is 11.5 Å². The lowest BCUT2D eigenvalue weighted by Crippen LogP contribution is -2.49. The van der Waals surface area contributed by atoms with Gasteiger partial charge in [-0.2, -0.15) is 4.31 Å². The molecule has 1 aliphatic heterocycles. The third-order valence-corrected chi connectivity index (χ3v) is 5.81. The van der Waals surface area contributed by atoms with E-state index >= 15 is 0 Å². The van der Waals surface area contributed by atoms with E-state index in [0.717, 1.165) is 6.42 Å². The summed E-state index contributed by atoms with van der Waals surface area (Å²) in [7, 11) is -3.72. The maximum absolute atomic E-state index is 12.7. The maximum atomic E-state index is 12.7. The van der Waals surface area contributed by atoms with Gasteiger partial charge in [0.2, 0.25) is 21.8 Å².